The SMILES string of the molecule is Nc1nc2ccccc2nc1OCc1ccccc1Cl. The molecule has 3 aromatic rings. The lowest BCUT2D eigenvalue weighted by Gasteiger charge is -2.09. The first-order valence-corrected chi connectivity index (χ1v) is 6.50. The number of halogens is 1. The van der Waals surface area contributed by atoms with E-state index in [-0.39, 0.29) is 5.82 Å². The Balaban J connectivity index is 1.87. The molecule has 0 saturated carbocycles. The molecule has 0 atom stereocenters. The number of aromatic nitrogens is 2. The number of benzene rings is 2. The number of nitrogen functional groups attached to an aromatic ring is 1. The third kappa shape index (κ3) is 2.51. The highest BCUT2D eigenvalue weighted by Gasteiger charge is 2.08. The Kier molecular flexibility index (Phi) is 3.39. The lowest BCUT2D eigenvalue weighted by atomic mass is 10.2. The first kappa shape index (κ1) is 12.7. The number of nitrogens with zero attached hydrogens (tertiary/aromatic N) is 2. The molecule has 1 heterocycles. The summed E-state index contributed by atoms with van der Waals surface area (Å²) in [4.78, 5) is 8.63. The zero-order valence-electron chi connectivity index (χ0n) is 10.6. The number of para-hydroxylation sites is 2. The van der Waals surface area contributed by atoms with Gasteiger partial charge in [-0.3, -0.25) is 0 Å². The highest BCUT2D eigenvalue weighted by Crippen LogP contribution is 2.23. The molecule has 0 saturated heterocycles. The molecule has 3 rings (SSSR count). The fourth-order valence-electron chi connectivity index (χ4n) is 1.87. The third-order valence-corrected chi connectivity index (χ3v) is 3.25. The average Bonchev–Trinajstić information content (AvgIpc) is 2.46. The van der Waals surface area contributed by atoms with Gasteiger partial charge in [-0.25, -0.2) is 9.97 Å². The van der Waals surface area contributed by atoms with E-state index in [4.69, 9.17) is 22.1 Å². The molecule has 1 aromatic heterocycles. The summed E-state index contributed by atoms with van der Waals surface area (Å²) in [5.74, 6) is 0.597. The minimum atomic E-state index is 0.274. The molecule has 0 aliphatic rings. The van der Waals surface area contributed by atoms with Crippen LogP contribution in [-0.4, -0.2) is 9.97 Å². The summed E-state index contributed by atoms with van der Waals surface area (Å²) in [5, 5.41) is 0.653. The molecule has 0 radical (unpaired) electrons. The van der Waals surface area contributed by atoms with E-state index in [2.05, 4.69) is 9.97 Å². The van der Waals surface area contributed by atoms with Gasteiger partial charge in [0.15, 0.2) is 5.82 Å². The van der Waals surface area contributed by atoms with Crippen LogP contribution in [0.1, 0.15) is 5.56 Å². The van der Waals surface area contributed by atoms with Crippen LogP contribution in [0.25, 0.3) is 11.0 Å². The van der Waals surface area contributed by atoms with Gasteiger partial charge in [0.25, 0.3) is 5.88 Å². The van der Waals surface area contributed by atoms with E-state index in [1.165, 1.54) is 0 Å². The Morgan fingerprint density at radius 1 is 0.950 bits per heavy atom. The molecule has 0 aliphatic carbocycles. The molecule has 2 N–H and O–H groups in total. The Hall–Kier alpha value is -2.33. The number of anilines is 1. The van der Waals surface area contributed by atoms with E-state index in [1.54, 1.807) is 0 Å². The number of ether oxygens (including phenoxy) is 1. The van der Waals surface area contributed by atoms with Crippen LogP contribution in [0.4, 0.5) is 5.82 Å². The van der Waals surface area contributed by atoms with Crippen LogP contribution < -0.4 is 10.5 Å². The van der Waals surface area contributed by atoms with Gasteiger partial charge in [-0.15, -0.1) is 0 Å². The van der Waals surface area contributed by atoms with Crippen molar-refractivity contribution in [1.82, 2.24) is 9.97 Å². The second-order valence-electron chi connectivity index (χ2n) is 4.28. The Bertz CT molecular complexity index is 761. The Morgan fingerprint density at radius 2 is 1.60 bits per heavy atom. The Labute approximate surface area is 121 Å². The van der Waals surface area contributed by atoms with Gasteiger partial charge in [0, 0.05) is 10.6 Å². The number of nitrogens with two attached hydrogens (primary N) is 1. The predicted molar refractivity (Wildman–Crippen MR) is 79.7 cm³/mol. The van der Waals surface area contributed by atoms with Crippen molar-refractivity contribution in [3.8, 4) is 5.88 Å². The average molecular weight is 286 g/mol. The van der Waals surface area contributed by atoms with Crippen LogP contribution in [0.3, 0.4) is 0 Å². The van der Waals surface area contributed by atoms with E-state index in [0.29, 0.717) is 17.5 Å². The molecule has 0 aliphatic heterocycles. The fraction of sp³-hybridized carbons (Fsp3) is 0.0667. The Morgan fingerprint density at radius 3 is 2.35 bits per heavy atom. The number of fused-ring (bicyclic) bond motifs is 1. The first-order valence-electron chi connectivity index (χ1n) is 6.12. The molecule has 0 amide bonds. The number of rotatable bonds is 3. The second-order valence-corrected chi connectivity index (χ2v) is 4.69. The van der Waals surface area contributed by atoms with Gasteiger partial charge in [-0.1, -0.05) is 41.9 Å². The number of hydrogen-bond donors (Lipinski definition) is 1. The third-order valence-electron chi connectivity index (χ3n) is 2.89. The molecule has 0 spiro atoms. The lowest BCUT2D eigenvalue weighted by molar-refractivity contribution is 0.296. The van der Waals surface area contributed by atoms with Crippen molar-refractivity contribution in [3.63, 3.8) is 0 Å². The van der Waals surface area contributed by atoms with Gasteiger partial charge >= 0.3 is 0 Å². The van der Waals surface area contributed by atoms with Crippen LogP contribution in [0.2, 0.25) is 5.02 Å². The standard InChI is InChI=1S/C15H12ClN3O/c16-11-6-2-1-5-10(11)9-20-15-14(17)18-12-7-3-4-8-13(12)19-15/h1-8H,9H2,(H2,17,18). The molecule has 0 fully saturated rings. The minimum absolute atomic E-state index is 0.274. The maximum atomic E-state index is 6.08. The molecule has 2 aromatic carbocycles. The van der Waals surface area contributed by atoms with Crippen molar-refractivity contribution in [2.24, 2.45) is 0 Å². The summed E-state index contributed by atoms with van der Waals surface area (Å²) >= 11 is 6.08. The van der Waals surface area contributed by atoms with Gasteiger partial charge < -0.3 is 10.5 Å². The molecule has 0 unspecified atom stereocenters. The van der Waals surface area contributed by atoms with Gasteiger partial charge in [0.1, 0.15) is 6.61 Å². The topological polar surface area (TPSA) is 61.0 Å². The normalized spacial score (nSPS) is 10.7. The summed E-state index contributed by atoms with van der Waals surface area (Å²) in [7, 11) is 0. The van der Waals surface area contributed by atoms with Gasteiger partial charge in [0.2, 0.25) is 0 Å². The maximum Gasteiger partial charge on any atom is 0.258 e. The summed E-state index contributed by atoms with van der Waals surface area (Å²) in [5.41, 5.74) is 8.23. The zero-order chi connectivity index (χ0) is 13.9. The molecule has 20 heavy (non-hydrogen) atoms. The van der Waals surface area contributed by atoms with Crippen molar-refractivity contribution < 1.29 is 4.74 Å². The highest BCUT2D eigenvalue weighted by molar-refractivity contribution is 6.31. The molecule has 100 valence electrons. The van der Waals surface area contributed by atoms with Gasteiger partial charge in [-0.2, -0.15) is 0 Å². The monoisotopic (exact) mass is 285 g/mol. The quantitative estimate of drug-likeness (QED) is 0.801. The maximum absolute atomic E-state index is 6.08. The van der Waals surface area contributed by atoms with Crippen molar-refractivity contribution in [2.75, 3.05) is 5.73 Å². The van der Waals surface area contributed by atoms with Crippen LogP contribution in [0.15, 0.2) is 48.5 Å². The van der Waals surface area contributed by atoms with E-state index >= 15 is 0 Å². The van der Waals surface area contributed by atoms with E-state index < -0.39 is 0 Å². The van der Waals surface area contributed by atoms with Crippen LogP contribution >= 0.6 is 11.6 Å². The van der Waals surface area contributed by atoms with Gasteiger partial charge in [0.05, 0.1) is 11.0 Å². The molecular formula is C15H12ClN3O. The van der Waals surface area contributed by atoms with Gasteiger partial charge in [-0.05, 0) is 18.2 Å². The summed E-state index contributed by atoms with van der Waals surface area (Å²) in [6.45, 7) is 0.302. The van der Waals surface area contributed by atoms with Crippen LogP contribution in [-0.2, 0) is 6.61 Å². The fourth-order valence-corrected chi connectivity index (χ4v) is 2.06. The largest absolute Gasteiger partial charge is 0.470 e. The smallest absolute Gasteiger partial charge is 0.258 e. The summed E-state index contributed by atoms with van der Waals surface area (Å²) in [6, 6.07) is 15.0. The zero-order valence-corrected chi connectivity index (χ0v) is 11.3. The minimum Gasteiger partial charge on any atom is -0.470 e. The summed E-state index contributed by atoms with van der Waals surface area (Å²) < 4.78 is 5.63. The van der Waals surface area contributed by atoms with E-state index in [9.17, 15) is 0 Å². The van der Waals surface area contributed by atoms with E-state index in [0.717, 1.165) is 16.6 Å². The van der Waals surface area contributed by atoms with Crippen molar-refractivity contribution in [3.05, 3.63) is 59.1 Å². The highest BCUT2D eigenvalue weighted by atomic mass is 35.5. The molecule has 5 heteroatoms. The van der Waals surface area contributed by atoms with Crippen molar-refractivity contribution in [1.29, 1.82) is 0 Å². The van der Waals surface area contributed by atoms with E-state index in [1.807, 2.05) is 48.5 Å². The molecule has 0 bridgehead atoms. The van der Waals surface area contributed by atoms with Crippen molar-refractivity contribution >= 4 is 28.5 Å². The predicted octanol–water partition coefficient (Wildman–Crippen LogP) is 3.44. The lowest BCUT2D eigenvalue weighted by Crippen LogP contribution is -2.03. The van der Waals surface area contributed by atoms with Crippen molar-refractivity contribution in [2.45, 2.75) is 6.61 Å². The molecule has 4 nitrogen and oxygen atoms in total. The van der Waals surface area contributed by atoms with Crippen LogP contribution in [0.5, 0.6) is 5.88 Å². The molecular weight excluding hydrogens is 274 g/mol. The summed E-state index contributed by atoms with van der Waals surface area (Å²) in [6.07, 6.45) is 0. The first-order chi connectivity index (χ1) is 9.74. The van der Waals surface area contributed by atoms with Crippen LogP contribution in [0, 0.1) is 0 Å². The number of hydrogen-bond acceptors (Lipinski definition) is 4. The second kappa shape index (κ2) is 5.35.